The largest absolute Gasteiger partial charge is 0.444 e. The van der Waals surface area contributed by atoms with Crippen LogP contribution in [0.2, 0.25) is 0 Å². The molecule has 0 radical (unpaired) electrons. The third-order valence-electron chi connectivity index (χ3n) is 4.67. The van der Waals surface area contributed by atoms with Crippen molar-refractivity contribution in [2.24, 2.45) is 12.0 Å². The van der Waals surface area contributed by atoms with Crippen LogP contribution in [0.25, 0.3) is 11.5 Å². The zero-order valence-electron chi connectivity index (χ0n) is 16.1. The Morgan fingerprint density at radius 1 is 1.32 bits per heavy atom. The molecule has 8 nitrogen and oxygen atoms in total. The highest BCUT2D eigenvalue weighted by molar-refractivity contribution is 5.80. The van der Waals surface area contributed by atoms with E-state index in [0.29, 0.717) is 19.0 Å². The number of rotatable bonds is 4. The van der Waals surface area contributed by atoms with Gasteiger partial charge in [-0.05, 0) is 12.1 Å². The van der Waals surface area contributed by atoms with Crippen molar-refractivity contribution in [3.63, 3.8) is 0 Å². The number of aliphatic imine (C=N–C) groups is 1. The number of guanidine groups is 1. The molecule has 4 rings (SSSR count). The second kappa shape index (κ2) is 8.26. The van der Waals surface area contributed by atoms with Crippen LogP contribution in [0, 0.1) is 0 Å². The zero-order chi connectivity index (χ0) is 19.3. The Labute approximate surface area is 163 Å². The van der Waals surface area contributed by atoms with Crippen LogP contribution in [0.4, 0.5) is 0 Å². The number of aryl methyl sites for hydroxylation is 1. The van der Waals surface area contributed by atoms with E-state index >= 15 is 0 Å². The summed E-state index contributed by atoms with van der Waals surface area (Å²) < 4.78 is 13.3. The summed E-state index contributed by atoms with van der Waals surface area (Å²) in [6, 6.07) is 9.87. The third-order valence-corrected chi connectivity index (χ3v) is 4.67. The lowest BCUT2D eigenvalue weighted by Gasteiger charge is -2.34. The molecule has 0 amide bonds. The molecule has 0 bridgehead atoms. The van der Waals surface area contributed by atoms with Crippen molar-refractivity contribution >= 4 is 5.96 Å². The van der Waals surface area contributed by atoms with Crippen molar-refractivity contribution in [3.8, 4) is 11.5 Å². The summed E-state index contributed by atoms with van der Waals surface area (Å²) in [4.78, 5) is 11.2. The van der Waals surface area contributed by atoms with Gasteiger partial charge in [-0.2, -0.15) is 5.10 Å². The average molecular weight is 380 g/mol. The molecule has 1 unspecified atom stereocenters. The molecular formula is C20H24N6O2. The van der Waals surface area contributed by atoms with Crippen LogP contribution < -0.4 is 5.32 Å². The first-order valence-corrected chi connectivity index (χ1v) is 9.28. The maximum Gasteiger partial charge on any atom is 0.226 e. The molecular weight excluding hydrogens is 356 g/mol. The highest BCUT2D eigenvalue weighted by Crippen LogP contribution is 2.22. The van der Waals surface area contributed by atoms with Gasteiger partial charge in [-0.15, -0.1) is 0 Å². The standard InChI is InChI=1S/C20H24N6O2/c1-21-20(26-8-9-27-18(13-26)16-10-23-25(2)12-16)22-11-17-14-28-19(24-17)15-6-4-3-5-7-15/h3-7,10,12,14,18H,8-9,11,13H2,1-2H3,(H,21,22). The fourth-order valence-corrected chi connectivity index (χ4v) is 3.25. The van der Waals surface area contributed by atoms with Crippen LogP contribution in [0.5, 0.6) is 0 Å². The van der Waals surface area contributed by atoms with Crippen molar-refractivity contribution in [1.29, 1.82) is 0 Å². The Hall–Kier alpha value is -3.13. The van der Waals surface area contributed by atoms with E-state index in [1.54, 1.807) is 18.0 Å². The van der Waals surface area contributed by atoms with Gasteiger partial charge < -0.3 is 19.4 Å². The van der Waals surface area contributed by atoms with Gasteiger partial charge in [0.25, 0.3) is 0 Å². The molecule has 1 atom stereocenters. The molecule has 1 aliphatic rings. The Morgan fingerprint density at radius 3 is 2.93 bits per heavy atom. The maximum atomic E-state index is 5.91. The first-order valence-electron chi connectivity index (χ1n) is 9.28. The third kappa shape index (κ3) is 4.07. The number of ether oxygens (including phenoxy) is 1. The van der Waals surface area contributed by atoms with E-state index in [1.807, 2.05) is 49.8 Å². The molecule has 0 saturated carbocycles. The van der Waals surface area contributed by atoms with Gasteiger partial charge >= 0.3 is 0 Å². The number of hydrogen-bond acceptors (Lipinski definition) is 5. The monoisotopic (exact) mass is 380 g/mol. The summed E-state index contributed by atoms with van der Waals surface area (Å²) in [6.07, 6.45) is 5.51. The van der Waals surface area contributed by atoms with Gasteiger partial charge in [-0.1, -0.05) is 18.2 Å². The van der Waals surface area contributed by atoms with Crippen molar-refractivity contribution in [2.75, 3.05) is 26.7 Å². The molecule has 0 spiro atoms. The van der Waals surface area contributed by atoms with E-state index in [2.05, 4.69) is 25.3 Å². The van der Waals surface area contributed by atoms with Gasteiger partial charge in [-0.25, -0.2) is 4.98 Å². The summed E-state index contributed by atoms with van der Waals surface area (Å²) in [7, 11) is 3.70. The number of morpholine rings is 1. The number of benzene rings is 1. The summed E-state index contributed by atoms with van der Waals surface area (Å²) in [5, 5.41) is 7.61. The van der Waals surface area contributed by atoms with Gasteiger partial charge in [0, 0.05) is 38.0 Å². The van der Waals surface area contributed by atoms with Crippen LogP contribution in [0.15, 0.2) is 58.4 Å². The van der Waals surface area contributed by atoms with Gasteiger partial charge in [0.1, 0.15) is 12.4 Å². The molecule has 2 aromatic heterocycles. The predicted octanol–water partition coefficient (Wildman–Crippen LogP) is 2.22. The van der Waals surface area contributed by atoms with E-state index in [9.17, 15) is 0 Å². The van der Waals surface area contributed by atoms with E-state index in [0.717, 1.165) is 35.9 Å². The van der Waals surface area contributed by atoms with E-state index in [4.69, 9.17) is 9.15 Å². The summed E-state index contributed by atoms with van der Waals surface area (Å²) in [6.45, 7) is 2.68. The van der Waals surface area contributed by atoms with Crippen LogP contribution in [-0.2, 0) is 18.3 Å². The molecule has 1 saturated heterocycles. The summed E-state index contributed by atoms with van der Waals surface area (Å²) in [5.41, 5.74) is 2.87. The van der Waals surface area contributed by atoms with Crippen molar-refractivity contribution in [1.82, 2.24) is 25.0 Å². The van der Waals surface area contributed by atoms with Gasteiger partial charge in [0.05, 0.1) is 31.6 Å². The Kier molecular flexibility index (Phi) is 5.38. The summed E-state index contributed by atoms with van der Waals surface area (Å²) in [5.74, 6) is 1.44. The lowest BCUT2D eigenvalue weighted by atomic mass is 10.1. The van der Waals surface area contributed by atoms with Crippen molar-refractivity contribution in [2.45, 2.75) is 12.6 Å². The Balaban J connectivity index is 1.38. The van der Waals surface area contributed by atoms with Crippen LogP contribution in [0.3, 0.4) is 0 Å². The number of nitrogens with zero attached hydrogens (tertiary/aromatic N) is 5. The van der Waals surface area contributed by atoms with Gasteiger partial charge in [0.15, 0.2) is 5.96 Å². The fourth-order valence-electron chi connectivity index (χ4n) is 3.25. The molecule has 146 valence electrons. The van der Waals surface area contributed by atoms with E-state index < -0.39 is 0 Å². The minimum atomic E-state index is -0.0160. The predicted molar refractivity (Wildman–Crippen MR) is 106 cm³/mol. The van der Waals surface area contributed by atoms with Gasteiger partial charge in [-0.3, -0.25) is 9.67 Å². The lowest BCUT2D eigenvalue weighted by molar-refractivity contribution is -0.00805. The van der Waals surface area contributed by atoms with Crippen LogP contribution in [0.1, 0.15) is 17.4 Å². The maximum absolute atomic E-state index is 5.91. The number of nitrogens with one attached hydrogen (secondary N) is 1. The SMILES string of the molecule is CN=C(NCc1coc(-c2ccccc2)n1)N1CCOC(c2cnn(C)c2)C1. The Bertz CT molecular complexity index is 933. The van der Waals surface area contributed by atoms with E-state index in [-0.39, 0.29) is 6.10 Å². The normalized spacial score (nSPS) is 17.7. The summed E-state index contributed by atoms with van der Waals surface area (Å²) >= 11 is 0. The minimum absolute atomic E-state index is 0.0160. The average Bonchev–Trinajstić information content (AvgIpc) is 3.39. The smallest absolute Gasteiger partial charge is 0.226 e. The Morgan fingerprint density at radius 2 is 2.18 bits per heavy atom. The number of aromatic nitrogens is 3. The fraction of sp³-hybridized carbons (Fsp3) is 0.350. The van der Waals surface area contributed by atoms with Crippen molar-refractivity contribution in [3.05, 3.63) is 60.2 Å². The molecule has 1 aromatic carbocycles. The zero-order valence-corrected chi connectivity index (χ0v) is 16.1. The minimum Gasteiger partial charge on any atom is -0.444 e. The molecule has 8 heteroatoms. The first-order chi connectivity index (χ1) is 13.7. The molecule has 3 aromatic rings. The quantitative estimate of drug-likeness (QED) is 0.552. The lowest BCUT2D eigenvalue weighted by Crippen LogP contribution is -2.47. The molecule has 0 aliphatic carbocycles. The van der Waals surface area contributed by atoms with Crippen LogP contribution in [-0.4, -0.2) is 52.4 Å². The topological polar surface area (TPSA) is 80.7 Å². The van der Waals surface area contributed by atoms with E-state index in [1.165, 1.54) is 0 Å². The van der Waals surface area contributed by atoms with Crippen molar-refractivity contribution < 1.29 is 9.15 Å². The number of oxazole rings is 1. The molecule has 1 N–H and O–H groups in total. The molecule has 1 aliphatic heterocycles. The highest BCUT2D eigenvalue weighted by Gasteiger charge is 2.25. The molecule has 1 fully saturated rings. The second-order valence-electron chi connectivity index (χ2n) is 6.66. The van der Waals surface area contributed by atoms with Crippen LogP contribution >= 0.6 is 0 Å². The molecule has 28 heavy (non-hydrogen) atoms. The second-order valence-corrected chi connectivity index (χ2v) is 6.66. The number of hydrogen-bond donors (Lipinski definition) is 1. The first kappa shape index (κ1) is 18.2. The highest BCUT2D eigenvalue weighted by atomic mass is 16.5. The molecule has 3 heterocycles. The van der Waals surface area contributed by atoms with Gasteiger partial charge in [0.2, 0.25) is 5.89 Å².